The Morgan fingerprint density at radius 1 is 1.64 bits per heavy atom. The summed E-state index contributed by atoms with van der Waals surface area (Å²) in [4.78, 5) is 11.3. The van der Waals surface area contributed by atoms with E-state index in [0.29, 0.717) is 10.6 Å². The Balaban J connectivity index is 2.68. The van der Waals surface area contributed by atoms with Crippen LogP contribution >= 0.6 is 11.3 Å². The van der Waals surface area contributed by atoms with Crippen molar-refractivity contribution in [3.63, 3.8) is 0 Å². The molecule has 0 spiro atoms. The Morgan fingerprint density at radius 3 is 2.86 bits per heavy atom. The van der Waals surface area contributed by atoms with Crippen molar-refractivity contribution in [3.8, 4) is 0 Å². The molecule has 0 aliphatic heterocycles. The Morgan fingerprint density at radius 2 is 2.36 bits per heavy atom. The average molecular weight is 231 g/mol. The van der Waals surface area contributed by atoms with Gasteiger partial charge in [-0.1, -0.05) is 0 Å². The van der Waals surface area contributed by atoms with E-state index in [0.717, 1.165) is 17.1 Å². The van der Waals surface area contributed by atoms with Crippen molar-refractivity contribution >= 4 is 27.9 Å². The first-order valence-corrected chi connectivity index (χ1v) is 6.56. The van der Waals surface area contributed by atoms with Crippen LogP contribution in [-0.4, -0.2) is 11.7 Å². The number of rotatable bonds is 3. The molecule has 0 saturated carbocycles. The molecule has 78 valence electrons. The summed E-state index contributed by atoms with van der Waals surface area (Å²) in [6.07, 6.45) is 1.97. The van der Waals surface area contributed by atoms with Crippen LogP contribution in [0.4, 0.5) is 0 Å². The summed E-state index contributed by atoms with van der Waals surface area (Å²) in [7, 11) is -0.968. The summed E-state index contributed by atoms with van der Waals surface area (Å²) >= 11 is 1.22. The maximum absolute atomic E-state index is 11.6. The van der Waals surface area contributed by atoms with Crippen LogP contribution < -0.4 is 5.73 Å². The van der Waals surface area contributed by atoms with E-state index in [-0.39, 0.29) is 0 Å². The van der Waals surface area contributed by atoms with Gasteiger partial charge < -0.3 is 0 Å². The van der Waals surface area contributed by atoms with E-state index >= 15 is 0 Å². The fraction of sp³-hybridized carbons (Fsp3) is 0.444. The molecular formula is C9H13NO2S2. The van der Waals surface area contributed by atoms with Crippen molar-refractivity contribution < 1.29 is 8.84 Å². The van der Waals surface area contributed by atoms with Gasteiger partial charge in [-0.25, -0.2) is 0 Å². The molecule has 14 heavy (non-hydrogen) atoms. The Kier molecular flexibility index (Phi) is 4.44. The Hall–Kier alpha value is -0.520. The summed E-state index contributed by atoms with van der Waals surface area (Å²) in [6.45, 7) is 2.06. The molecule has 1 heterocycles. The normalized spacial score (nSPS) is 10.6. The third-order valence-corrected chi connectivity index (χ3v) is 4.68. The molecule has 0 atom stereocenters. The van der Waals surface area contributed by atoms with Gasteiger partial charge in [0.1, 0.15) is 0 Å². The minimum atomic E-state index is -0.968. The van der Waals surface area contributed by atoms with Crippen LogP contribution in [0, 0.1) is 0 Å². The molecule has 3 nitrogen and oxygen atoms in total. The van der Waals surface area contributed by atoms with E-state index in [1.807, 2.05) is 0 Å². The summed E-state index contributed by atoms with van der Waals surface area (Å²) < 4.78 is 12.4. The zero-order valence-corrected chi connectivity index (χ0v) is 9.62. The number of unbranched alkanes of at least 4 members (excludes halogenated alkanes) is 1. The van der Waals surface area contributed by atoms with Gasteiger partial charge in [-0.2, -0.15) is 0 Å². The molecule has 2 N–H and O–H groups in total. The third-order valence-electron chi connectivity index (χ3n) is 1.73. The molecule has 1 aromatic rings. The summed E-state index contributed by atoms with van der Waals surface area (Å²) in [5, 5.41) is 0. The fourth-order valence-corrected chi connectivity index (χ4v) is 3.40. The fourth-order valence-electron chi connectivity index (χ4n) is 0.951. The van der Waals surface area contributed by atoms with E-state index in [9.17, 15) is 8.84 Å². The van der Waals surface area contributed by atoms with E-state index < -0.39 is 16.5 Å². The van der Waals surface area contributed by atoms with Crippen LogP contribution in [0.1, 0.15) is 29.4 Å². The average Bonchev–Trinajstić information content (AvgIpc) is 2.62. The minimum absolute atomic E-state index is 0.450. The number of primary amides is 1. The molecule has 0 unspecified atom stereocenters. The Labute approximate surface area is 89.4 Å². The van der Waals surface area contributed by atoms with Crippen LogP contribution in [0.3, 0.4) is 0 Å². The molecule has 0 bridgehead atoms. The van der Waals surface area contributed by atoms with Crippen molar-refractivity contribution in [1.82, 2.24) is 0 Å². The van der Waals surface area contributed by atoms with Gasteiger partial charge >= 0.3 is 89.2 Å². The van der Waals surface area contributed by atoms with Gasteiger partial charge in [0, 0.05) is 0 Å². The van der Waals surface area contributed by atoms with Crippen molar-refractivity contribution in [1.29, 1.82) is 0 Å². The van der Waals surface area contributed by atoms with Gasteiger partial charge in [0.15, 0.2) is 0 Å². The van der Waals surface area contributed by atoms with Gasteiger partial charge in [-0.15, -0.1) is 0 Å². The first kappa shape index (κ1) is 11.6. The monoisotopic (exact) mass is 231 g/mol. The van der Waals surface area contributed by atoms with Crippen LogP contribution in [-0.2, 0) is 14.7 Å². The topological polar surface area (TPSA) is 63.0 Å². The van der Waals surface area contributed by atoms with E-state index in [4.69, 9.17) is 5.73 Å². The zero-order chi connectivity index (χ0) is 10.6. The van der Waals surface area contributed by atoms with Crippen molar-refractivity contribution in [2.75, 3.05) is 5.75 Å². The zero-order valence-electron chi connectivity index (χ0n) is 7.99. The third kappa shape index (κ3) is 3.01. The molecule has 1 amide bonds. The molecule has 0 radical (unpaired) electrons. The predicted molar refractivity (Wildman–Crippen MR) is 58.9 cm³/mol. The van der Waals surface area contributed by atoms with Gasteiger partial charge in [-0.3, -0.25) is 0 Å². The molecule has 1 aromatic heterocycles. The number of carbonyl (C=O) groups excluding carboxylic acids is 1. The predicted octanol–water partition coefficient (Wildman–Crippen LogP) is 1.97. The summed E-state index contributed by atoms with van der Waals surface area (Å²) in [5.41, 5.74) is 5.10. The van der Waals surface area contributed by atoms with Crippen LogP contribution in [0.15, 0.2) is 16.3 Å². The molecule has 1 rings (SSSR count). The van der Waals surface area contributed by atoms with Gasteiger partial charge in [0.25, 0.3) is 0 Å². The van der Waals surface area contributed by atoms with E-state index in [1.165, 1.54) is 11.3 Å². The second-order valence-corrected chi connectivity index (χ2v) is 5.77. The van der Waals surface area contributed by atoms with Crippen LogP contribution in [0.5, 0.6) is 0 Å². The summed E-state index contributed by atoms with van der Waals surface area (Å²) in [5.74, 6) is 0.212. The number of amides is 1. The molecule has 0 aliphatic rings. The number of thiophene rings is 1. The summed E-state index contributed by atoms with van der Waals surface area (Å²) in [6, 6.07) is 3.35. The van der Waals surface area contributed by atoms with Crippen LogP contribution in [0.25, 0.3) is 0 Å². The Bertz CT molecular complexity index is 389. The molecule has 0 aromatic carbocycles. The quantitative estimate of drug-likeness (QED) is 0.627. The van der Waals surface area contributed by atoms with Crippen molar-refractivity contribution in [2.45, 2.75) is 24.0 Å². The molecule has 5 heteroatoms. The number of hydrogen-bond donors (Lipinski definition) is 1. The molecule has 0 aliphatic carbocycles. The maximum atomic E-state index is 11.6. The molecular weight excluding hydrogens is 218 g/mol. The molecule has 0 saturated heterocycles. The first-order chi connectivity index (χ1) is 6.65. The van der Waals surface area contributed by atoms with E-state index in [2.05, 4.69) is 6.92 Å². The van der Waals surface area contributed by atoms with E-state index in [1.54, 1.807) is 12.1 Å². The van der Waals surface area contributed by atoms with Crippen LogP contribution in [0.2, 0.25) is 0 Å². The van der Waals surface area contributed by atoms with Crippen molar-refractivity contribution in [3.05, 3.63) is 17.0 Å². The SMILES string of the molecule is CCCC[S-](#[O+])c1ccc(C(N)=O)s1. The van der Waals surface area contributed by atoms with Gasteiger partial charge in [0.2, 0.25) is 0 Å². The van der Waals surface area contributed by atoms with Gasteiger partial charge in [0.05, 0.1) is 0 Å². The number of hydrogen-bond acceptors (Lipinski definition) is 3. The molecule has 0 fully saturated rings. The number of nitrogens with two attached hydrogens (primary N) is 1. The van der Waals surface area contributed by atoms with Gasteiger partial charge in [-0.05, 0) is 0 Å². The standard InChI is InChI=1S/C9H13NO2S2/c1-2-3-6-14(12)8-5-4-7(13-8)9(10)11/h4-5H,2-3,6H2,1H3,(H2,10,11). The number of carbonyl (C=O) groups is 1. The van der Waals surface area contributed by atoms with Crippen molar-refractivity contribution in [2.24, 2.45) is 5.73 Å². The second-order valence-electron chi connectivity index (χ2n) is 2.89. The first-order valence-electron chi connectivity index (χ1n) is 4.43. The second kappa shape index (κ2) is 5.38.